The molecule has 1 aromatic heterocycles. The summed E-state index contributed by atoms with van der Waals surface area (Å²) in [6, 6.07) is 9.48. The first-order valence-electron chi connectivity index (χ1n) is 6.28. The van der Waals surface area contributed by atoms with Crippen molar-refractivity contribution in [1.29, 1.82) is 0 Å². The van der Waals surface area contributed by atoms with E-state index in [9.17, 15) is 4.79 Å². The molecular formula is C16H14BrNO2S. The van der Waals surface area contributed by atoms with Crippen LogP contribution in [0.1, 0.15) is 21.5 Å². The molecule has 0 unspecified atom stereocenters. The molecule has 0 atom stereocenters. The smallest absolute Gasteiger partial charge is 0.254 e. The second-order valence-corrected chi connectivity index (χ2v) is 6.75. The van der Waals surface area contributed by atoms with E-state index in [1.807, 2.05) is 35.7 Å². The molecule has 1 aromatic carbocycles. The van der Waals surface area contributed by atoms with Crippen molar-refractivity contribution in [3.63, 3.8) is 0 Å². The number of nitrogens with zero attached hydrogens (tertiary/aromatic N) is 1. The molecule has 1 amide bonds. The van der Waals surface area contributed by atoms with Gasteiger partial charge in [-0.15, -0.1) is 11.3 Å². The number of hydrogen-bond donors (Lipinski definition) is 1. The van der Waals surface area contributed by atoms with Crippen LogP contribution in [0.2, 0.25) is 0 Å². The van der Waals surface area contributed by atoms with E-state index >= 15 is 0 Å². The summed E-state index contributed by atoms with van der Waals surface area (Å²) in [4.78, 5) is 13.9. The van der Waals surface area contributed by atoms with Crippen LogP contribution in [-0.2, 0) is 6.54 Å². The summed E-state index contributed by atoms with van der Waals surface area (Å²) in [7, 11) is 1.79. The molecule has 5 heteroatoms. The van der Waals surface area contributed by atoms with Crippen molar-refractivity contribution < 1.29 is 9.90 Å². The number of hydrogen-bond acceptors (Lipinski definition) is 3. The number of rotatable bonds is 3. The lowest BCUT2D eigenvalue weighted by molar-refractivity contribution is 0.0785. The molecule has 0 saturated heterocycles. The first kappa shape index (κ1) is 15.8. The van der Waals surface area contributed by atoms with E-state index in [1.165, 1.54) is 11.3 Å². The van der Waals surface area contributed by atoms with E-state index in [-0.39, 0.29) is 12.5 Å². The summed E-state index contributed by atoms with van der Waals surface area (Å²) < 4.78 is 0.950. The van der Waals surface area contributed by atoms with Crippen molar-refractivity contribution in [2.24, 2.45) is 0 Å². The molecule has 3 nitrogen and oxygen atoms in total. The first-order valence-corrected chi connectivity index (χ1v) is 7.95. The molecule has 108 valence electrons. The molecule has 2 aromatic rings. The van der Waals surface area contributed by atoms with Gasteiger partial charge in [0.25, 0.3) is 5.91 Å². The van der Waals surface area contributed by atoms with Gasteiger partial charge in [0, 0.05) is 24.5 Å². The lowest BCUT2D eigenvalue weighted by atomic mass is 10.1. The van der Waals surface area contributed by atoms with E-state index in [4.69, 9.17) is 5.11 Å². The van der Waals surface area contributed by atoms with Gasteiger partial charge in [0.2, 0.25) is 0 Å². The molecule has 0 saturated carbocycles. The highest BCUT2D eigenvalue weighted by molar-refractivity contribution is 9.11. The maximum absolute atomic E-state index is 12.2. The molecule has 0 fully saturated rings. The molecule has 0 spiro atoms. The number of amides is 1. The Morgan fingerprint density at radius 3 is 2.67 bits per heavy atom. The van der Waals surface area contributed by atoms with Crippen molar-refractivity contribution in [3.8, 4) is 11.8 Å². The molecule has 0 aliphatic heterocycles. The van der Waals surface area contributed by atoms with E-state index in [0.717, 1.165) is 14.9 Å². The molecule has 0 bridgehead atoms. The highest BCUT2D eigenvalue weighted by atomic mass is 79.9. The predicted molar refractivity (Wildman–Crippen MR) is 88.2 cm³/mol. The number of carbonyl (C=O) groups excluding carboxylic acids is 1. The van der Waals surface area contributed by atoms with Crippen LogP contribution in [0.15, 0.2) is 39.5 Å². The highest BCUT2D eigenvalue weighted by Crippen LogP contribution is 2.22. The van der Waals surface area contributed by atoms with Gasteiger partial charge in [-0.3, -0.25) is 4.79 Å². The van der Waals surface area contributed by atoms with Gasteiger partial charge in [0.15, 0.2) is 0 Å². The largest absolute Gasteiger partial charge is 0.384 e. The molecule has 0 aliphatic carbocycles. The van der Waals surface area contributed by atoms with Crippen LogP contribution >= 0.6 is 27.3 Å². The summed E-state index contributed by atoms with van der Waals surface area (Å²) in [6.45, 7) is 0.398. The number of carbonyl (C=O) groups is 1. The van der Waals surface area contributed by atoms with Crippen molar-refractivity contribution in [2.45, 2.75) is 6.54 Å². The van der Waals surface area contributed by atoms with E-state index < -0.39 is 0 Å². The van der Waals surface area contributed by atoms with Crippen LogP contribution in [0.5, 0.6) is 0 Å². The number of aliphatic hydroxyl groups excluding tert-OH is 1. The topological polar surface area (TPSA) is 40.5 Å². The Bertz CT molecular complexity index is 682. The van der Waals surface area contributed by atoms with Gasteiger partial charge in [-0.1, -0.05) is 24.0 Å². The third-order valence-electron chi connectivity index (χ3n) is 2.85. The van der Waals surface area contributed by atoms with E-state index in [1.54, 1.807) is 11.9 Å². The molecular weight excluding hydrogens is 350 g/mol. The van der Waals surface area contributed by atoms with Gasteiger partial charge in [0.05, 0.1) is 9.35 Å². The fourth-order valence-electron chi connectivity index (χ4n) is 1.82. The zero-order valence-corrected chi connectivity index (χ0v) is 13.9. The first-order chi connectivity index (χ1) is 10.1. The normalized spacial score (nSPS) is 9.86. The fraction of sp³-hybridized carbons (Fsp3) is 0.188. The zero-order valence-electron chi connectivity index (χ0n) is 11.5. The van der Waals surface area contributed by atoms with Gasteiger partial charge < -0.3 is 10.0 Å². The number of thiophene rings is 1. The highest BCUT2D eigenvalue weighted by Gasteiger charge is 2.13. The Morgan fingerprint density at radius 1 is 1.38 bits per heavy atom. The van der Waals surface area contributed by atoms with Crippen molar-refractivity contribution in [1.82, 2.24) is 4.90 Å². The minimum Gasteiger partial charge on any atom is -0.384 e. The summed E-state index contributed by atoms with van der Waals surface area (Å²) in [5.74, 6) is 5.45. The summed E-state index contributed by atoms with van der Waals surface area (Å²) in [6.07, 6.45) is 0. The van der Waals surface area contributed by atoms with Crippen LogP contribution in [-0.4, -0.2) is 29.6 Å². The molecule has 0 radical (unpaired) electrons. The maximum atomic E-state index is 12.2. The van der Waals surface area contributed by atoms with E-state index in [0.29, 0.717) is 12.1 Å². The summed E-state index contributed by atoms with van der Waals surface area (Å²) >= 11 is 4.86. The maximum Gasteiger partial charge on any atom is 0.254 e. The summed E-state index contributed by atoms with van der Waals surface area (Å²) in [5.41, 5.74) is 2.58. The lowest BCUT2D eigenvalue weighted by Gasteiger charge is -2.16. The minimum absolute atomic E-state index is 0.00102. The zero-order chi connectivity index (χ0) is 15.2. The van der Waals surface area contributed by atoms with Crippen LogP contribution < -0.4 is 0 Å². The van der Waals surface area contributed by atoms with Gasteiger partial charge in [-0.05, 0) is 39.7 Å². The monoisotopic (exact) mass is 363 g/mol. The van der Waals surface area contributed by atoms with Crippen LogP contribution in [0.3, 0.4) is 0 Å². The van der Waals surface area contributed by atoms with Crippen LogP contribution in [0.25, 0.3) is 0 Å². The molecule has 1 N–H and O–H groups in total. The van der Waals surface area contributed by atoms with Gasteiger partial charge >= 0.3 is 0 Å². The van der Waals surface area contributed by atoms with Gasteiger partial charge in [-0.2, -0.15) is 0 Å². The second-order valence-electron chi connectivity index (χ2n) is 4.46. The van der Waals surface area contributed by atoms with Crippen LogP contribution in [0, 0.1) is 11.8 Å². The lowest BCUT2D eigenvalue weighted by Crippen LogP contribution is -2.25. The Kier molecular flexibility index (Phi) is 5.57. The van der Waals surface area contributed by atoms with Crippen molar-refractivity contribution in [3.05, 3.63) is 56.2 Å². The third-order valence-corrected chi connectivity index (χ3v) is 4.35. The molecule has 21 heavy (non-hydrogen) atoms. The quantitative estimate of drug-likeness (QED) is 0.851. The molecule has 0 aliphatic rings. The molecule has 2 rings (SSSR count). The number of halogens is 1. The van der Waals surface area contributed by atoms with Gasteiger partial charge in [-0.25, -0.2) is 0 Å². The van der Waals surface area contributed by atoms with Gasteiger partial charge in [0.1, 0.15) is 6.61 Å². The average molecular weight is 364 g/mol. The Hall–Kier alpha value is -1.61. The summed E-state index contributed by atoms with van der Waals surface area (Å²) in [5, 5.41) is 10.5. The minimum atomic E-state index is -0.144. The fourth-order valence-corrected chi connectivity index (χ4v) is 2.95. The Labute approximate surface area is 136 Å². The van der Waals surface area contributed by atoms with Crippen molar-refractivity contribution in [2.75, 3.05) is 13.7 Å². The Morgan fingerprint density at radius 2 is 2.10 bits per heavy atom. The van der Waals surface area contributed by atoms with E-state index in [2.05, 4.69) is 27.8 Å². The average Bonchev–Trinajstić information content (AvgIpc) is 2.92. The third kappa shape index (κ3) is 4.43. The Balaban J connectivity index is 2.02. The number of aliphatic hydroxyl groups is 1. The SMILES string of the molecule is CN(Cc1ccc(C#CCO)cc1)C(=O)c1csc(Br)c1. The number of benzene rings is 1. The van der Waals surface area contributed by atoms with Crippen molar-refractivity contribution >= 4 is 33.2 Å². The predicted octanol–water partition coefficient (Wildman–Crippen LogP) is 3.13. The molecule has 1 heterocycles. The standard InChI is InChI=1S/C16H14BrNO2S/c1-18(16(20)14-9-15(17)21-11-14)10-13-6-4-12(5-7-13)3-2-8-19/h4-7,9,11,19H,8,10H2,1H3. The second kappa shape index (κ2) is 7.41. The van der Waals surface area contributed by atoms with Crippen LogP contribution in [0.4, 0.5) is 0 Å².